The number of hydrogen-bond donors (Lipinski definition) is 2. The van der Waals surface area contributed by atoms with E-state index in [-0.39, 0.29) is 39.4 Å². The van der Waals surface area contributed by atoms with Crippen molar-refractivity contribution in [2.45, 2.75) is 54.8 Å². The molecule has 2 aliphatic rings. The third-order valence-electron chi connectivity index (χ3n) is 7.30. The zero-order valence-corrected chi connectivity index (χ0v) is 20.2. The Morgan fingerprint density at radius 2 is 1.85 bits per heavy atom. The van der Waals surface area contributed by atoms with Gasteiger partial charge >= 0.3 is 0 Å². The molecule has 0 spiro atoms. The summed E-state index contributed by atoms with van der Waals surface area (Å²) < 4.78 is 54.0. The minimum atomic E-state index is -3.90. The number of amides is 1. The highest BCUT2D eigenvalue weighted by atomic mass is 35.5. The molecular weight excluding hydrogens is 484 g/mol. The Balaban J connectivity index is 1.70. The van der Waals surface area contributed by atoms with Crippen LogP contribution >= 0.6 is 11.6 Å². The van der Waals surface area contributed by atoms with Crippen molar-refractivity contribution in [3.63, 3.8) is 0 Å². The highest BCUT2D eigenvalue weighted by Gasteiger charge is 2.53. The number of carbonyl (C=O) groups excluding carboxylic acids is 1. The molecule has 2 aliphatic carbocycles. The van der Waals surface area contributed by atoms with Crippen molar-refractivity contribution in [2.24, 2.45) is 11.8 Å². The van der Waals surface area contributed by atoms with Crippen LogP contribution in [0.3, 0.4) is 0 Å². The summed E-state index contributed by atoms with van der Waals surface area (Å²) in [6, 6.07) is 5.63. The Kier molecular flexibility index (Phi) is 6.61. The predicted molar refractivity (Wildman–Crippen MR) is 127 cm³/mol. The molecule has 2 aromatic carbocycles. The fourth-order valence-corrected chi connectivity index (χ4v) is 7.77. The van der Waals surface area contributed by atoms with Gasteiger partial charge in [0.15, 0.2) is 21.5 Å². The van der Waals surface area contributed by atoms with Gasteiger partial charge in [-0.3, -0.25) is 4.79 Å². The van der Waals surface area contributed by atoms with Crippen LogP contribution < -0.4 is 5.32 Å². The van der Waals surface area contributed by atoms with Crippen LogP contribution in [0.2, 0.25) is 5.02 Å². The molecule has 2 saturated carbocycles. The summed E-state index contributed by atoms with van der Waals surface area (Å²) in [5.41, 5.74) is -0.345. The predicted octanol–water partition coefficient (Wildman–Crippen LogP) is 5.31. The van der Waals surface area contributed by atoms with Gasteiger partial charge in [0.1, 0.15) is 0 Å². The standard InChI is InChI=1S/C25H26ClF2NO4S/c1-3-4-14-9-20(26)23(13-19(14)24(30)29-17-7-8-21(27)22(28)12-17)34(32,33)18-10-15-5-6-16(11-18)25(15,2)31/h3,7-9,12-13,15-16,18,31H,1,4-6,10-11H2,2H3,(H,29,30)/t15?,16?,18-,25-. The van der Waals surface area contributed by atoms with Gasteiger partial charge in [0, 0.05) is 17.3 Å². The molecule has 5 nitrogen and oxygen atoms in total. The van der Waals surface area contributed by atoms with Crippen molar-refractivity contribution in [2.75, 3.05) is 5.32 Å². The first-order valence-electron chi connectivity index (χ1n) is 11.1. The Hall–Kier alpha value is -2.29. The number of aliphatic hydroxyl groups is 1. The van der Waals surface area contributed by atoms with Crippen molar-refractivity contribution < 1.29 is 27.1 Å². The Labute approximate surface area is 202 Å². The quantitative estimate of drug-likeness (QED) is 0.517. The number of halogens is 3. The molecule has 2 aromatic rings. The summed E-state index contributed by atoms with van der Waals surface area (Å²) in [7, 11) is -3.90. The first-order valence-corrected chi connectivity index (χ1v) is 13.0. The van der Waals surface area contributed by atoms with Crippen molar-refractivity contribution in [3.8, 4) is 0 Å². The maximum Gasteiger partial charge on any atom is 0.255 e. The van der Waals surface area contributed by atoms with Crippen LogP contribution in [0, 0.1) is 23.5 Å². The summed E-state index contributed by atoms with van der Waals surface area (Å²) in [5, 5.41) is 12.5. The number of hydrogen-bond acceptors (Lipinski definition) is 4. The van der Waals surface area contributed by atoms with E-state index in [0.29, 0.717) is 18.4 Å². The van der Waals surface area contributed by atoms with Gasteiger partial charge in [-0.1, -0.05) is 17.7 Å². The molecule has 0 aliphatic heterocycles. The van der Waals surface area contributed by atoms with E-state index in [2.05, 4.69) is 11.9 Å². The normalized spacial score (nSPS) is 26.3. The maximum absolute atomic E-state index is 13.6. The Bertz CT molecular complexity index is 1250. The van der Waals surface area contributed by atoms with Crippen LogP contribution in [-0.2, 0) is 16.3 Å². The second-order valence-electron chi connectivity index (χ2n) is 9.35. The van der Waals surface area contributed by atoms with Crippen LogP contribution in [0.4, 0.5) is 14.5 Å². The van der Waals surface area contributed by atoms with E-state index in [0.717, 1.165) is 25.0 Å². The SMILES string of the molecule is C=CCc1cc(Cl)c(S(=O)(=O)[C@H]2CC3CCC(C2)[C@@]3(C)O)cc1C(=O)Nc1ccc(F)c(F)c1. The molecule has 0 saturated heterocycles. The van der Waals surface area contributed by atoms with E-state index >= 15 is 0 Å². The molecule has 0 heterocycles. The summed E-state index contributed by atoms with van der Waals surface area (Å²) in [4.78, 5) is 12.9. The summed E-state index contributed by atoms with van der Waals surface area (Å²) in [6.07, 6.45) is 4.00. The summed E-state index contributed by atoms with van der Waals surface area (Å²) in [6.45, 7) is 5.44. The lowest BCUT2D eigenvalue weighted by atomic mass is 9.76. The fourth-order valence-electron chi connectivity index (χ4n) is 5.32. The molecule has 182 valence electrons. The molecule has 4 rings (SSSR count). The Morgan fingerprint density at radius 3 is 2.44 bits per heavy atom. The first kappa shape index (κ1) is 24.8. The van der Waals surface area contributed by atoms with Crippen molar-refractivity contribution in [1.29, 1.82) is 0 Å². The molecule has 0 radical (unpaired) electrons. The van der Waals surface area contributed by atoms with Crippen molar-refractivity contribution in [1.82, 2.24) is 0 Å². The number of benzene rings is 2. The molecule has 2 bridgehead atoms. The van der Waals surface area contributed by atoms with Crippen LogP contribution in [0.5, 0.6) is 0 Å². The maximum atomic E-state index is 13.6. The smallest absolute Gasteiger partial charge is 0.255 e. The van der Waals surface area contributed by atoms with Gasteiger partial charge in [0.25, 0.3) is 5.91 Å². The van der Waals surface area contributed by atoms with E-state index in [1.165, 1.54) is 18.2 Å². The van der Waals surface area contributed by atoms with E-state index in [1.54, 1.807) is 13.0 Å². The monoisotopic (exact) mass is 509 g/mol. The second kappa shape index (κ2) is 9.06. The molecular formula is C25H26ClF2NO4S. The lowest BCUT2D eigenvalue weighted by Crippen LogP contribution is -2.45. The van der Waals surface area contributed by atoms with Crippen LogP contribution in [-0.4, -0.2) is 30.3 Å². The molecule has 2 atom stereocenters. The molecule has 2 fully saturated rings. The molecule has 0 aromatic heterocycles. The van der Waals surface area contributed by atoms with Gasteiger partial charge < -0.3 is 10.4 Å². The number of rotatable bonds is 6. The van der Waals surface area contributed by atoms with E-state index in [1.807, 2.05) is 0 Å². The Morgan fingerprint density at radius 1 is 1.21 bits per heavy atom. The number of nitrogens with one attached hydrogen (secondary N) is 1. The number of fused-ring (bicyclic) bond motifs is 2. The van der Waals surface area contributed by atoms with Gasteiger partial charge in [0.05, 0.1) is 20.8 Å². The lowest BCUT2D eigenvalue weighted by Gasteiger charge is -2.40. The average molecular weight is 510 g/mol. The van der Waals surface area contributed by atoms with Crippen LogP contribution in [0.15, 0.2) is 47.9 Å². The molecule has 34 heavy (non-hydrogen) atoms. The van der Waals surface area contributed by atoms with Crippen molar-refractivity contribution >= 4 is 33.0 Å². The van der Waals surface area contributed by atoms with Crippen LogP contribution in [0.1, 0.15) is 48.5 Å². The molecule has 2 unspecified atom stereocenters. The van der Waals surface area contributed by atoms with Gasteiger partial charge in [-0.05, 0) is 80.7 Å². The van der Waals surface area contributed by atoms with Gasteiger partial charge in [-0.25, -0.2) is 17.2 Å². The molecule has 1 amide bonds. The largest absolute Gasteiger partial charge is 0.390 e. The zero-order valence-electron chi connectivity index (χ0n) is 18.7. The summed E-state index contributed by atoms with van der Waals surface area (Å²) in [5.74, 6) is -3.07. The lowest BCUT2D eigenvalue weighted by molar-refractivity contribution is -0.0413. The fraction of sp³-hybridized carbons (Fsp3) is 0.400. The minimum Gasteiger partial charge on any atom is -0.390 e. The minimum absolute atomic E-state index is 0.00547. The van der Waals surface area contributed by atoms with E-state index < -0.39 is 38.2 Å². The number of anilines is 1. The number of sulfone groups is 1. The van der Waals surface area contributed by atoms with E-state index in [4.69, 9.17) is 11.6 Å². The highest BCUT2D eigenvalue weighted by molar-refractivity contribution is 7.92. The molecule has 2 N–H and O–H groups in total. The summed E-state index contributed by atoms with van der Waals surface area (Å²) >= 11 is 6.40. The zero-order chi connectivity index (χ0) is 24.8. The van der Waals surface area contributed by atoms with Gasteiger partial charge in [-0.15, -0.1) is 6.58 Å². The number of allylic oxidation sites excluding steroid dienone is 1. The average Bonchev–Trinajstić information content (AvgIpc) is 2.93. The third kappa shape index (κ3) is 4.39. The van der Waals surface area contributed by atoms with E-state index in [9.17, 15) is 27.1 Å². The van der Waals surface area contributed by atoms with Gasteiger partial charge in [-0.2, -0.15) is 0 Å². The highest BCUT2D eigenvalue weighted by Crippen LogP contribution is 2.51. The topological polar surface area (TPSA) is 83.5 Å². The molecule has 9 heteroatoms. The van der Waals surface area contributed by atoms with Crippen molar-refractivity contribution in [3.05, 3.63) is 70.8 Å². The third-order valence-corrected chi connectivity index (χ3v) is 9.94. The second-order valence-corrected chi connectivity index (χ2v) is 12.0. The van der Waals surface area contributed by atoms with Crippen LogP contribution in [0.25, 0.3) is 0 Å². The first-order chi connectivity index (χ1) is 15.9. The number of carbonyl (C=O) groups is 1. The van der Waals surface area contributed by atoms with Gasteiger partial charge in [0.2, 0.25) is 0 Å².